The van der Waals surface area contributed by atoms with E-state index in [1.165, 1.54) is 14.2 Å². The lowest BCUT2D eigenvalue weighted by Crippen LogP contribution is -2.64. The van der Waals surface area contributed by atoms with Crippen molar-refractivity contribution < 1.29 is 63.7 Å². The van der Waals surface area contributed by atoms with Crippen molar-refractivity contribution >= 4 is 23.4 Å². The Balaban J connectivity index is 1.79. The largest absolute Gasteiger partial charge is 0.456 e. The van der Waals surface area contributed by atoms with Gasteiger partial charge in [0.1, 0.15) is 24.0 Å². The van der Waals surface area contributed by atoms with Crippen LogP contribution < -0.4 is 0 Å². The number of amides is 1. The molecule has 4 rings (SSSR count). The number of carbonyl (C=O) groups excluding carboxylic acids is 4. The fourth-order valence-electron chi connectivity index (χ4n) is 9.08. The number of piperidine rings is 1. The maximum atomic E-state index is 14.2. The number of ketones is 2. The van der Waals surface area contributed by atoms with Crippen LogP contribution in [-0.2, 0) is 38.1 Å². The summed E-state index contributed by atoms with van der Waals surface area (Å²) < 4.78 is 23.9. The second-order valence-corrected chi connectivity index (χ2v) is 17.0. The molecule has 1 amide bonds. The lowest BCUT2D eigenvalue weighted by Gasteiger charge is -2.47. The number of hydrogen-bond donors (Lipinski definition) is 5. The zero-order valence-corrected chi connectivity index (χ0v) is 34.5. The minimum Gasteiger partial charge on any atom is -0.456 e. The van der Waals surface area contributed by atoms with E-state index in [1.54, 1.807) is 33.8 Å². The minimum atomic E-state index is -2.58. The number of Topliss-reactive ketones (excluding diaryl/α,β-unsaturated/α-hetero) is 2. The molecule has 0 aromatic heterocycles. The summed E-state index contributed by atoms with van der Waals surface area (Å²) >= 11 is 0. The molecule has 1 aliphatic carbocycles. The number of cyclic esters (lactones) is 1. The number of allylic oxidation sites excluding steroid dienone is 2. The average molecular weight is 794 g/mol. The number of carbonyl (C=O) groups is 4. The number of hydrogen-bond acceptors (Lipinski definition) is 13. The van der Waals surface area contributed by atoms with Crippen molar-refractivity contribution in [2.75, 3.05) is 20.8 Å². The van der Waals surface area contributed by atoms with Gasteiger partial charge >= 0.3 is 5.97 Å². The highest BCUT2D eigenvalue weighted by atomic mass is 16.7. The topological polar surface area (TPSA) is 210 Å². The van der Waals surface area contributed by atoms with Crippen LogP contribution in [0.3, 0.4) is 0 Å². The van der Waals surface area contributed by atoms with Gasteiger partial charge in [-0.1, -0.05) is 39.8 Å². The molecule has 2 saturated heterocycles. The van der Waals surface area contributed by atoms with Crippen LogP contribution in [0, 0.1) is 29.6 Å². The average Bonchev–Trinajstić information content (AvgIpc) is 3.18. The maximum Gasteiger partial charge on any atom is 0.329 e. The van der Waals surface area contributed by atoms with Gasteiger partial charge < -0.3 is 49.4 Å². The molecule has 318 valence electrons. The predicted molar refractivity (Wildman–Crippen MR) is 205 cm³/mol. The first-order valence-corrected chi connectivity index (χ1v) is 20.5. The van der Waals surface area contributed by atoms with Gasteiger partial charge in [0.2, 0.25) is 5.79 Å². The third-order valence-corrected chi connectivity index (χ3v) is 12.9. The predicted octanol–water partition coefficient (Wildman–Crippen LogP) is 2.79. The number of fused-ring (bicyclic) bond motifs is 3. The second-order valence-electron chi connectivity index (χ2n) is 17.0. The molecule has 5 N–H and O–H groups in total. The van der Waals surface area contributed by atoms with Gasteiger partial charge in [0, 0.05) is 44.9 Å². The summed E-state index contributed by atoms with van der Waals surface area (Å²) in [5.41, 5.74) is 1.11. The van der Waals surface area contributed by atoms with E-state index < -0.39 is 102 Å². The van der Waals surface area contributed by atoms with E-state index in [1.807, 2.05) is 19.9 Å². The summed E-state index contributed by atoms with van der Waals surface area (Å²) in [6.07, 6.45) is -0.938. The van der Waals surface area contributed by atoms with E-state index in [-0.39, 0.29) is 50.4 Å². The van der Waals surface area contributed by atoms with Crippen molar-refractivity contribution in [1.29, 1.82) is 0 Å². The van der Waals surface area contributed by atoms with E-state index in [0.29, 0.717) is 43.3 Å². The van der Waals surface area contributed by atoms with Gasteiger partial charge in [-0.05, 0) is 94.6 Å². The fraction of sp³-hybridized carbons (Fsp3) is 0.810. The molecule has 56 heavy (non-hydrogen) atoms. The summed E-state index contributed by atoms with van der Waals surface area (Å²) in [6, 6.07) is -1.18. The smallest absolute Gasteiger partial charge is 0.329 e. The van der Waals surface area contributed by atoms with E-state index in [0.717, 1.165) is 4.90 Å². The molecule has 4 aliphatic rings. The number of aliphatic hydroxyl groups is 5. The molecular formula is C42H67NO13. The van der Waals surface area contributed by atoms with Crippen molar-refractivity contribution in [3.05, 3.63) is 23.3 Å². The first kappa shape index (κ1) is 46.1. The van der Waals surface area contributed by atoms with Crippen molar-refractivity contribution in [2.24, 2.45) is 29.6 Å². The normalized spacial score (nSPS) is 42.9. The van der Waals surface area contributed by atoms with Gasteiger partial charge in [0.25, 0.3) is 11.7 Å². The molecule has 2 bridgehead atoms. The van der Waals surface area contributed by atoms with Crippen LogP contribution in [0.5, 0.6) is 0 Å². The van der Waals surface area contributed by atoms with Crippen LogP contribution in [0.4, 0.5) is 0 Å². The van der Waals surface area contributed by atoms with Gasteiger partial charge in [0.05, 0.1) is 36.6 Å². The van der Waals surface area contributed by atoms with Crippen LogP contribution >= 0.6 is 0 Å². The highest BCUT2D eigenvalue weighted by Gasteiger charge is 2.56. The Morgan fingerprint density at radius 2 is 1.59 bits per heavy atom. The quantitative estimate of drug-likeness (QED) is 0.154. The van der Waals surface area contributed by atoms with Gasteiger partial charge in [-0.15, -0.1) is 0 Å². The highest BCUT2D eigenvalue weighted by Crippen LogP contribution is 2.39. The molecule has 15 atom stereocenters. The maximum absolute atomic E-state index is 14.2. The highest BCUT2D eigenvalue weighted by molar-refractivity contribution is 6.39. The van der Waals surface area contributed by atoms with E-state index in [2.05, 4.69) is 0 Å². The Morgan fingerprint density at radius 1 is 0.929 bits per heavy atom. The molecular weight excluding hydrogens is 726 g/mol. The lowest BCUT2D eigenvalue weighted by molar-refractivity contribution is -0.302. The number of esters is 1. The lowest BCUT2D eigenvalue weighted by atomic mass is 9.81. The minimum absolute atomic E-state index is 0.0498. The number of rotatable bonds is 5. The molecule has 0 aromatic carbocycles. The summed E-state index contributed by atoms with van der Waals surface area (Å²) in [5.74, 6) is -8.86. The van der Waals surface area contributed by atoms with Gasteiger partial charge in [-0.3, -0.25) is 14.4 Å². The first-order valence-electron chi connectivity index (χ1n) is 20.5. The summed E-state index contributed by atoms with van der Waals surface area (Å²) in [4.78, 5) is 57.5. The van der Waals surface area contributed by atoms with Crippen LogP contribution in [-0.4, -0.2) is 135 Å². The van der Waals surface area contributed by atoms with Crippen LogP contribution in [0.15, 0.2) is 23.3 Å². The third kappa shape index (κ3) is 10.4. The van der Waals surface area contributed by atoms with Crippen LogP contribution in [0.2, 0.25) is 0 Å². The molecule has 14 nitrogen and oxygen atoms in total. The molecule has 0 spiro atoms. The summed E-state index contributed by atoms with van der Waals surface area (Å²) in [6.45, 7) is 10.4. The fourth-order valence-corrected chi connectivity index (χ4v) is 9.08. The Labute approximate surface area is 331 Å². The van der Waals surface area contributed by atoms with Gasteiger partial charge in [0.15, 0.2) is 0 Å². The molecule has 1 saturated carbocycles. The summed E-state index contributed by atoms with van der Waals surface area (Å²) in [5, 5.41) is 55.5. The van der Waals surface area contributed by atoms with Crippen molar-refractivity contribution in [1.82, 2.24) is 4.90 Å². The molecule has 15 unspecified atom stereocenters. The van der Waals surface area contributed by atoms with E-state index in [4.69, 9.17) is 18.9 Å². The summed E-state index contributed by atoms with van der Waals surface area (Å²) in [7, 11) is 2.93. The zero-order valence-electron chi connectivity index (χ0n) is 34.5. The number of nitrogens with zero attached hydrogens (tertiary/aromatic N) is 1. The third-order valence-electron chi connectivity index (χ3n) is 12.9. The Hall–Kier alpha value is -2.56. The SMILES string of the molecule is CCC1/C=C(/C)C(O)C(C)CC(OC)C2OC(O)(C(=O)C(=O)N3CCCCC3C(=O)OC(/C(C)=C/C3CCC(O)C(O)C3)C(C)C(O)CC1=O)C(C)CC2OC. The Kier molecular flexibility index (Phi) is 16.4. The molecule has 14 heteroatoms. The number of aliphatic hydroxyl groups excluding tert-OH is 4. The van der Waals surface area contributed by atoms with E-state index in [9.17, 15) is 44.7 Å². The Morgan fingerprint density at radius 3 is 2.21 bits per heavy atom. The molecule has 3 fully saturated rings. The van der Waals surface area contributed by atoms with Gasteiger partial charge in [-0.25, -0.2) is 4.79 Å². The van der Waals surface area contributed by atoms with Crippen LogP contribution in [0.25, 0.3) is 0 Å². The zero-order chi connectivity index (χ0) is 41.6. The van der Waals surface area contributed by atoms with Crippen LogP contribution in [0.1, 0.15) is 106 Å². The van der Waals surface area contributed by atoms with Crippen molar-refractivity contribution in [2.45, 2.75) is 166 Å². The standard InChI is InChI=1S/C42H67NO13/c1-9-28-17-22(2)36(48)23(3)18-34(53-7)38-35(54-8)19-25(5)42(52,56-38)39(49)40(50)43-15-11-10-12-29(43)41(51)55-37(26(6)31(45)21-32(28)46)24(4)16-27-13-14-30(44)33(47)20-27/h16-17,23,25-31,33-38,44-45,47-48,52H,9-15,18-21H2,1-8H3/b22-17-,24-16+. The monoisotopic (exact) mass is 793 g/mol. The van der Waals surface area contributed by atoms with Gasteiger partial charge in [-0.2, -0.15) is 0 Å². The Bertz CT molecular complexity index is 1450. The molecule has 3 aliphatic heterocycles. The number of ether oxygens (including phenoxy) is 4. The first-order chi connectivity index (χ1) is 26.4. The second kappa shape index (κ2) is 19.9. The number of methoxy groups -OCH3 is 2. The molecule has 0 radical (unpaired) electrons. The van der Waals surface area contributed by atoms with Crippen molar-refractivity contribution in [3.8, 4) is 0 Å². The molecule has 3 heterocycles. The van der Waals surface area contributed by atoms with Crippen molar-refractivity contribution in [3.63, 3.8) is 0 Å². The molecule has 0 aromatic rings. The van der Waals surface area contributed by atoms with E-state index >= 15 is 0 Å².